The van der Waals surface area contributed by atoms with Gasteiger partial charge in [0.05, 0.1) is 23.9 Å². The Morgan fingerprint density at radius 3 is 2.67 bits per heavy atom. The number of thiazole rings is 1. The Labute approximate surface area is 176 Å². The van der Waals surface area contributed by atoms with Gasteiger partial charge < -0.3 is 20.3 Å². The first-order valence-corrected chi connectivity index (χ1v) is 10.3. The van der Waals surface area contributed by atoms with E-state index in [4.69, 9.17) is 4.74 Å². The molecule has 2 heterocycles. The van der Waals surface area contributed by atoms with E-state index in [1.165, 1.54) is 6.07 Å². The van der Waals surface area contributed by atoms with E-state index in [1.807, 2.05) is 11.0 Å². The number of alkyl halides is 3. The lowest BCUT2D eigenvalue weighted by Gasteiger charge is -2.29. The number of guanidine groups is 1. The molecule has 0 atom stereocenters. The first kappa shape index (κ1) is 22.3. The summed E-state index contributed by atoms with van der Waals surface area (Å²) in [4.78, 5) is 9.63. The number of aromatic nitrogens is 1. The van der Waals surface area contributed by atoms with Crippen LogP contribution in [0.2, 0.25) is 0 Å². The second-order valence-electron chi connectivity index (χ2n) is 6.61. The zero-order chi connectivity index (χ0) is 21.6. The number of ether oxygens (including phenoxy) is 1. The van der Waals surface area contributed by atoms with E-state index in [0.29, 0.717) is 62.5 Å². The molecule has 2 aromatic rings. The monoisotopic (exact) mass is 445 g/mol. The van der Waals surface area contributed by atoms with Crippen LogP contribution in [-0.2, 0) is 23.9 Å². The molecule has 11 heteroatoms. The number of nitrogens with zero attached hydrogens (tertiary/aromatic N) is 3. The van der Waals surface area contributed by atoms with Crippen molar-refractivity contribution in [2.75, 3.05) is 44.8 Å². The molecule has 2 N–H and O–H groups in total. The number of halogens is 4. The summed E-state index contributed by atoms with van der Waals surface area (Å²) in [5.74, 6) is 0.184. The molecule has 0 spiro atoms. The van der Waals surface area contributed by atoms with Gasteiger partial charge in [0, 0.05) is 45.0 Å². The second kappa shape index (κ2) is 10.1. The van der Waals surface area contributed by atoms with Crippen LogP contribution >= 0.6 is 11.3 Å². The Bertz CT molecular complexity index is 865. The third kappa shape index (κ3) is 6.05. The minimum atomic E-state index is -4.42. The van der Waals surface area contributed by atoms with Crippen LogP contribution in [0.3, 0.4) is 0 Å². The molecule has 1 fully saturated rings. The largest absolute Gasteiger partial charge is 0.434 e. The van der Waals surface area contributed by atoms with Gasteiger partial charge in [-0.25, -0.2) is 9.37 Å². The molecular weight excluding hydrogens is 422 g/mol. The summed E-state index contributed by atoms with van der Waals surface area (Å²) in [5.41, 5.74) is 0.445. The fourth-order valence-electron chi connectivity index (χ4n) is 2.97. The predicted molar refractivity (Wildman–Crippen MR) is 108 cm³/mol. The van der Waals surface area contributed by atoms with Crippen LogP contribution in [0, 0.1) is 5.82 Å². The zero-order valence-corrected chi connectivity index (χ0v) is 17.2. The second-order valence-corrected chi connectivity index (χ2v) is 7.55. The standard InChI is InChI=1S/C19H23F4N5OS/c1-24-18(25-5-4-17-27-16(12-30-17)19(21,22)23)26-11-13-2-3-15(14(20)10-13)28-6-8-29-9-7-28/h2-3,10,12H,4-9,11H2,1H3,(H2,24,25,26). The summed E-state index contributed by atoms with van der Waals surface area (Å²) >= 11 is 0.976. The number of hydrogen-bond acceptors (Lipinski definition) is 5. The smallest absolute Gasteiger partial charge is 0.378 e. The fourth-order valence-corrected chi connectivity index (χ4v) is 3.78. The number of benzene rings is 1. The van der Waals surface area contributed by atoms with Crippen molar-refractivity contribution in [1.82, 2.24) is 15.6 Å². The summed E-state index contributed by atoms with van der Waals surface area (Å²) in [6.07, 6.45) is -4.09. The highest BCUT2D eigenvalue weighted by Gasteiger charge is 2.33. The third-order valence-corrected chi connectivity index (χ3v) is 5.43. The number of aliphatic imine (C=N–C) groups is 1. The van der Waals surface area contributed by atoms with Gasteiger partial charge in [-0.2, -0.15) is 13.2 Å². The van der Waals surface area contributed by atoms with Crippen molar-refractivity contribution in [1.29, 1.82) is 0 Å². The summed E-state index contributed by atoms with van der Waals surface area (Å²) < 4.78 is 57.5. The van der Waals surface area contributed by atoms with Crippen molar-refractivity contribution in [2.45, 2.75) is 19.1 Å². The van der Waals surface area contributed by atoms with E-state index >= 15 is 0 Å². The van der Waals surface area contributed by atoms with Crippen molar-refractivity contribution < 1.29 is 22.3 Å². The van der Waals surface area contributed by atoms with E-state index in [0.717, 1.165) is 22.3 Å². The van der Waals surface area contributed by atoms with Gasteiger partial charge in [-0.1, -0.05) is 6.07 Å². The minimum absolute atomic E-state index is 0.289. The summed E-state index contributed by atoms with van der Waals surface area (Å²) in [7, 11) is 1.59. The van der Waals surface area contributed by atoms with Crippen LogP contribution in [-0.4, -0.2) is 50.8 Å². The lowest BCUT2D eigenvalue weighted by Crippen LogP contribution is -2.38. The van der Waals surface area contributed by atoms with Crippen molar-refractivity contribution in [2.24, 2.45) is 4.99 Å². The zero-order valence-electron chi connectivity index (χ0n) is 16.4. The van der Waals surface area contributed by atoms with Crippen molar-refractivity contribution in [3.63, 3.8) is 0 Å². The quantitative estimate of drug-likeness (QED) is 0.407. The van der Waals surface area contributed by atoms with E-state index < -0.39 is 11.9 Å². The van der Waals surface area contributed by atoms with Crippen molar-refractivity contribution in [3.05, 3.63) is 45.7 Å². The van der Waals surface area contributed by atoms with Crippen LogP contribution < -0.4 is 15.5 Å². The fraction of sp³-hybridized carbons (Fsp3) is 0.474. The summed E-state index contributed by atoms with van der Waals surface area (Å²) in [6, 6.07) is 5.09. The molecule has 1 saturated heterocycles. The molecule has 164 valence electrons. The number of hydrogen-bond donors (Lipinski definition) is 2. The lowest BCUT2D eigenvalue weighted by atomic mass is 10.1. The highest BCUT2D eigenvalue weighted by atomic mass is 32.1. The molecule has 1 aliphatic heterocycles. The van der Waals surface area contributed by atoms with Gasteiger partial charge in [-0.3, -0.25) is 4.99 Å². The summed E-state index contributed by atoms with van der Waals surface area (Å²) in [6.45, 7) is 3.22. The normalized spacial score (nSPS) is 15.4. The summed E-state index contributed by atoms with van der Waals surface area (Å²) in [5, 5.41) is 7.50. The first-order chi connectivity index (χ1) is 14.4. The maximum atomic E-state index is 14.5. The van der Waals surface area contributed by atoms with E-state index in [-0.39, 0.29) is 5.82 Å². The Kier molecular flexibility index (Phi) is 7.48. The highest BCUT2D eigenvalue weighted by Crippen LogP contribution is 2.30. The first-order valence-electron chi connectivity index (χ1n) is 9.44. The van der Waals surface area contributed by atoms with E-state index in [2.05, 4.69) is 20.6 Å². The van der Waals surface area contributed by atoms with Gasteiger partial charge in [0.1, 0.15) is 5.82 Å². The Morgan fingerprint density at radius 1 is 1.27 bits per heavy atom. The van der Waals surface area contributed by atoms with Gasteiger partial charge in [-0.15, -0.1) is 11.3 Å². The predicted octanol–water partition coefficient (Wildman–Crippen LogP) is 3.05. The number of rotatable bonds is 6. The molecule has 0 unspecified atom stereocenters. The number of morpholine rings is 1. The molecule has 1 aromatic heterocycles. The average molecular weight is 445 g/mol. The van der Waals surface area contributed by atoms with Gasteiger partial charge in [-0.05, 0) is 17.7 Å². The topological polar surface area (TPSA) is 61.8 Å². The molecule has 0 amide bonds. The van der Waals surface area contributed by atoms with Crippen LogP contribution in [0.25, 0.3) is 0 Å². The molecule has 30 heavy (non-hydrogen) atoms. The molecule has 1 aromatic carbocycles. The molecule has 1 aliphatic rings. The van der Waals surface area contributed by atoms with Gasteiger partial charge in [0.15, 0.2) is 11.7 Å². The maximum Gasteiger partial charge on any atom is 0.434 e. The molecular formula is C19H23F4N5OS. The lowest BCUT2D eigenvalue weighted by molar-refractivity contribution is -0.140. The van der Waals surface area contributed by atoms with Crippen molar-refractivity contribution in [3.8, 4) is 0 Å². The Balaban J connectivity index is 1.47. The average Bonchev–Trinajstić information content (AvgIpc) is 3.21. The number of anilines is 1. The molecule has 0 saturated carbocycles. The number of nitrogens with one attached hydrogen (secondary N) is 2. The van der Waals surface area contributed by atoms with Gasteiger partial charge in [0.2, 0.25) is 0 Å². The van der Waals surface area contributed by atoms with Crippen LogP contribution in [0.15, 0.2) is 28.6 Å². The molecule has 0 bridgehead atoms. The van der Waals surface area contributed by atoms with E-state index in [1.54, 1.807) is 13.1 Å². The van der Waals surface area contributed by atoms with E-state index in [9.17, 15) is 17.6 Å². The SMILES string of the molecule is CN=C(NCCc1nc(C(F)(F)F)cs1)NCc1ccc(N2CCOCC2)c(F)c1. The van der Waals surface area contributed by atoms with Crippen LogP contribution in [0.1, 0.15) is 16.3 Å². The minimum Gasteiger partial charge on any atom is -0.378 e. The van der Waals surface area contributed by atoms with Gasteiger partial charge in [0.25, 0.3) is 0 Å². The van der Waals surface area contributed by atoms with Crippen molar-refractivity contribution >= 4 is 23.0 Å². The van der Waals surface area contributed by atoms with Crippen LogP contribution in [0.5, 0.6) is 0 Å². The molecule has 3 rings (SSSR count). The maximum absolute atomic E-state index is 14.5. The third-order valence-electron chi connectivity index (χ3n) is 4.52. The van der Waals surface area contributed by atoms with Crippen LogP contribution in [0.4, 0.5) is 23.2 Å². The Morgan fingerprint density at radius 2 is 2.03 bits per heavy atom. The molecule has 0 radical (unpaired) electrons. The highest BCUT2D eigenvalue weighted by molar-refractivity contribution is 7.09. The van der Waals surface area contributed by atoms with Gasteiger partial charge >= 0.3 is 6.18 Å². The Hall–Kier alpha value is -2.40. The molecule has 6 nitrogen and oxygen atoms in total. The molecule has 0 aliphatic carbocycles.